The second-order valence-corrected chi connectivity index (χ2v) is 8.73. The predicted molar refractivity (Wildman–Crippen MR) is 92.6 cm³/mol. The molecule has 2 fully saturated rings. The second-order valence-electron chi connectivity index (χ2n) is 8.73. The van der Waals surface area contributed by atoms with Gasteiger partial charge >= 0.3 is 13.2 Å². The Morgan fingerprint density at radius 2 is 1.80 bits per heavy atom. The Kier molecular flexibility index (Phi) is 4.15. The minimum absolute atomic E-state index is 0.0454. The number of hydrogen-bond donors (Lipinski definition) is 0. The number of likely N-dealkylation sites (tertiary alicyclic amines) is 1. The summed E-state index contributed by atoms with van der Waals surface area (Å²) >= 11 is 0. The van der Waals surface area contributed by atoms with E-state index in [1.807, 2.05) is 48.5 Å². The van der Waals surface area contributed by atoms with E-state index < -0.39 is 23.9 Å². The van der Waals surface area contributed by atoms with Crippen molar-refractivity contribution in [3.05, 3.63) is 6.20 Å². The van der Waals surface area contributed by atoms with Gasteiger partial charge in [-0.05, 0) is 48.5 Å². The van der Waals surface area contributed by atoms with E-state index >= 15 is 0 Å². The molecular weight excluding hydrogens is 323 g/mol. The van der Waals surface area contributed by atoms with Crippen molar-refractivity contribution in [2.45, 2.75) is 71.3 Å². The molecule has 138 valence electrons. The van der Waals surface area contributed by atoms with Crippen LogP contribution in [-0.4, -0.2) is 63.0 Å². The molecular formula is C16H27BN4O4. The van der Waals surface area contributed by atoms with Gasteiger partial charge in [0.25, 0.3) is 0 Å². The number of nitrogens with zero attached hydrogens (tertiary/aromatic N) is 4. The highest BCUT2D eigenvalue weighted by atomic mass is 16.7. The monoisotopic (exact) mass is 350 g/mol. The van der Waals surface area contributed by atoms with Crippen LogP contribution in [0, 0.1) is 0 Å². The summed E-state index contributed by atoms with van der Waals surface area (Å²) in [5, 5.41) is 8.19. The Balaban J connectivity index is 1.66. The summed E-state index contributed by atoms with van der Waals surface area (Å²) in [5.41, 5.74) is -0.569. The van der Waals surface area contributed by atoms with Gasteiger partial charge < -0.3 is 18.9 Å². The number of carbonyl (C=O) groups is 1. The minimum Gasteiger partial charge on any atom is -0.444 e. The molecule has 0 N–H and O–H groups in total. The summed E-state index contributed by atoms with van der Waals surface area (Å²) in [6, 6.07) is 0.0454. The standard InChI is InChI=1S/C16H27BN4O4/c1-14(2,3)23-13(22)20-9-11(10-20)21-12(8-18-19-21)17-24-15(4,5)16(6,7)25-17/h8,11H,9-10H2,1-7H3. The molecule has 0 aliphatic carbocycles. The molecule has 2 aliphatic heterocycles. The van der Waals surface area contributed by atoms with Crippen molar-refractivity contribution < 1.29 is 18.8 Å². The third kappa shape index (κ3) is 3.39. The molecule has 25 heavy (non-hydrogen) atoms. The van der Waals surface area contributed by atoms with E-state index in [0.717, 1.165) is 5.59 Å². The molecule has 3 heterocycles. The van der Waals surface area contributed by atoms with Crippen LogP contribution in [0.25, 0.3) is 0 Å². The Morgan fingerprint density at radius 3 is 2.32 bits per heavy atom. The van der Waals surface area contributed by atoms with Crippen molar-refractivity contribution in [1.82, 2.24) is 19.9 Å². The van der Waals surface area contributed by atoms with E-state index in [-0.39, 0.29) is 12.1 Å². The van der Waals surface area contributed by atoms with Gasteiger partial charge in [-0.2, -0.15) is 0 Å². The molecule has 8 nitrogen and oxygen atoms in total. The molecule has 0 spiro atoms. The third-order valence-electron chi connectivity index (χ3n) is 4.96. The van der Waals surface area contributed by atoms with E-state index in [1.165, 1.54) is 0 Å². The molecule has 0 bridgehead atoms. The number of aromatic nitrogens is 3. The lowest BCUT2D eigenvalue weighted by Gasteiger charge is -2.40. The van der Waals surface area contributed by atoms with Gasteiger partial charge in [0.15, 0.2) is 0 Å². The van der Waals surface area contributed by atoms with Crippen molar-refractivity contribution >= 4 is 18.8 Å². The highest BCUT2D eigenvalue weighted by molar-refractivity contribution is 6.61. The molecule has 1 amide bonds. The Labute approximate surface area is 148 Å². The van der Waals surface area contributed by atoms with Gasteiger partial charge in [-0.15, -0.1) is 5.10 Å². The zero-order chi connectivity index (χ0) is 18.6. The topological polar surface area (TPSA) is 78.7 Å². The number of carbonyl (C=O) groups excluding carboxylic acids is 1. The number of hydrogen-bond acceptors (Lipinski definition) is 6. The largest absolute Gasteiger partial charge is 0.515 e. The maximum atomic E-state index is 12.1. The van der Waals surface area contributed by atoms with Gasteiger partial charge in [-0.25, -0.2) is 9.48 Å². The molecule has 0 saturated carbocycles. The fourth-order valence-electron chi connectivity index (χ4n) is 2.75. The Bertz CT molecular complexity index is 645. The minimum atomic E-state index is -0.518. The van der Waals surface area contributed by atoms with Crippen LogP contribution in [0.1, 0.15) is 54.5 Å². The van der Waals surface area contributed by atoms with E-state index in [0.29, 0.717) is 13.1 Å². The highest BCUT2D eigenvalue weighted by Gasteiger charge is 2.53. The summed E-state index contributed by atoms with van der Waals surface area (Å²) in [6.07, 6.45) is 1.36. The van der Waals surface area contributed by atoms with Gasteiger partial charge in [-0.1, -0.05) is 5.21 Å². The quantitative estimate of drug-likeness (QED) is 0.750. The van der Waals surface area contributed by atoms with Gasteiger partial charge in [0.05, 0.1) is 29.0 Å². The number of ether oxygens (including phenoxy) is 1. The fraction of sp³-hybridized carbons (Fsp3) is 0.812. The van der Waals surface area contributed by atoms with E-state index in [1.54, 1.807) is 15.8 Å². The Morgan fingerprint density at radius 1 is 1.24 bits per heavy atom. The summed E-state index contributed by atoms with van der Waals surface area (Å²) < 4.78 is 19.3. The van der Waals surface area contributed by atoms with Crippen LogP contribution in [0.3, 0.4) is 0 Å². The first-order valence-corrected chi connectivity index (χ1v) is 8.63. The van der Waals surface area contributed by atoms with Crippen LogP contribution in [-0.2, 0) is 14.0 Å². The smallest absolute Gasteiger partial charge is 0.444 e. The van der Waals surface area contributed by atoms with Crippen molar-refractivity contribution in [3.8, 4) is 0 Å². The van der Waals surface area contributed by atoms with Gasteiger partial charge in [-0.3, -0.25) is 0 Å². The number of amides is 1. The van der Waals surface area contributed by atoms with E-state index in [9.17, 15) is 4.79 Å². The van der Waals surface area contributed by atoms with E-state index in [2.05, 4.69) is 10.3 Å². The lowest BCUT2D eigenvalue weighted by molar-refractivity contribution is -0.000301. The molecule has 0 atom stereocenters. The van der Waals surface area contributed by atoms with Crippen molar-refractivity contribution in [2.75, 3.05) is 13.1 Å². The van der Waals surface area contributed by atoms with Crippen LogP contribution < -0.4 is 5.59 Å². The fourth-order valence-corrected chi connectivity index (χ4v) is 2.75. The molecule has 2 saturated heterocycles. The van der Waals surface area contributed by atoms with E-state index in [4.69, 9.17) is 14.0 Å². The lowest BCUT2D eigenvalue weighted by atomic mass is 9.84. The highest BCUT2D eigenvalue weighted by Crippen LogP contribution is 2.36. The summed E-state index contributed by atoms with van der Waals surface area (Å²) in [4.78, 5) is 13.7. The third-order valence-corrected chi connectivity index (χ3v) is 4.96. The second kappa shape index (κ2) is 5.70. The number of rotatable bonds is 2. The average molecular weight is 350 g/mol. The van der Waals surface area contributed by atoms with Crippen LogP contribution in [0.2, 0.25) is 0 Å². The summed E-state index contributed by atoms with van der Waals surface area (Å²) in [7, 11) is -0.518. The first kappa shape index (κ1) is 18.2. The van der Waals surface area contributed by atoms with Crippen molar-refractivity contribution in [2.24, 2.45) is 0 Å². The van der Waals surface area contributed by atoms with Crippen LogP contribution in [0.4, 0.5) is 4.79 Å². The van der Waals surface area contributed by atoms with Gasteiger partial charge in [0.1, 0.15) is 5.60 Å². The maximum absolute atomic E-state index is 12.1. The average Bonchev–Trinajstić information content (AvgIpc) is 2.89. The van der Waals surface area contributed by atoms with Crippen LogP contribution in [0.15, 0.2) is 6.20 Å². The predicted octanol–water partition coefficient (Wildman–Crippen LogP) is 1.37. The van der Waals surface area contributed by atoms with Gasteiger partial charge in [0.2, 0.25) is 0 Å². The SMILES string of the molecule is CC(C)(C)OC(=O)N1CC(n2nncc2B2OC(C)(C)C(C)(C)O2)C1. The Hall–Kier alpha value is -1.61. The zero-order valence-corrected chi connectivity index (χ0v) is 16.1. The molecule has 2 aliphatic rings. The molecule has 0 aromatic carbocycles. The lowest BCUT2D eigenvalue weighted by Crippen LogP contribution is -2.55. The van der Waals surface area contributed by atoms with Crippen molar-refractivity contribution in [3.63, 3.8) is 0 Å². The molecule has 9 heteroatoms. The molecule has 0 unspecified atom stereocenters. The normalized spacial score (nSPS) is 22.8. The first-order valence-electron chi connectivity index (χ1n) is 8.63. The molecule has 1 aromatic heterocycles. The summed E-state index contributed by atoms with van der Waals surface area (Å²) in [5.74, 6) is 0. The van der Waals surface area contributed by atoms with Crippen LogP contribution >= 0.6 is 0 Å². The van der Waals surface area contributed by atoms with Gasteiger partial charge in [0, 0.05) is 13.1 Å². The maximum Gasteiger partial charge on any atom is 0.515 e. The first-order chi connectivity index (χ1) is 11.4. The molecule has 3 rings (SSSR count). The molecule has 0 radical (unpaired) electrons. The van der Waals surface area contributed by atoms with Crippen molar-refractivity contribution in [1.29, 1.82) is 0 Å². The zero-order valence-electron chi connectivity index (χ0n) is 16.1. The summed E-state index contributed by atoms with van der Waals surface area (Å²) in [6.45, 7) is 14.7. The van der Waals surface area contributed by atoms with Crippen LogP contribution in [0.5, 0.6) is 0 Å². The molecule has 1 aromatic rings.